The standard InChI is InChI=1S/C13H15BrN2/c1-10-4-5-13(6-10,9-15)7-12-3-2-11(14)8-16-12/h2-3,8,10H,4-7H2,1H3. The van der Waals surface area contributed by atoms with E-state index in [-0.39, 0.29) is 5.41 Å². The summed E-state index contributed by atoms with van der Waals surface area (Å²) in [5.74, 6) is 0.676. The smallest absolute Gasteiger partial charge is 0.0693 e. The third kappa shape index (κ3) is 2.44. The molecule has 84 valence electrons. The van der Waals surface area contributed by atoms with Gasteiger partial charge in [-0.05, 0) is 53.2 Å². The fraction of sp³-hybridized carbons (Fsp3) is 0.538. The van der Waals surface area contributed by atoms with E-state index >= 15 is 0 Å². The Morgan fingerprint density at radius 1 is 1.62 bits per heavy atom. The summed E-state index contributed by atoms with van der Waals surface area (Å²) in [6.07, 6.45) is 5.80. The third-order valence-corrected chi connectivity index (χ3v) is 3.87. The maximum absolute atomic E-state index is 9.36. The van der Waals surface area contributed by atoms with Crippen LogP contribution in [-0.4, -0.2) is 4.98 Å². The summed E-state index contributed by atoms with van der Waals surface area (Å²) >= 11 is 3.37. The average molecular weight is 279 g/mol. The van der Waals surface area contributed by atoms with Crippen LogP contribution in [0.5, 0.6) is 0 Å². The summed E-state index contributed by atoms with van der Waals surface area (Å²) in [4.78, 5) is 4.36. The van der Waals surface area contributed by atoms with E-state index in [0.29, 0.717) is 5.92 Å². The highest BCUT2D eigenvalue weighted by molar-refractivity contribution is 9.10. The molecule has 0 bridgehead atoms. The molecule has 3 heteroatoms. The highest BCUT2D eigenvalue weighted by Gasteiger charge is 2.37. The summed E-state index contributed by atoms with van der Waals surface area (Å²) in [5.41, 5.74) is 0.860. The molecule has 0 N–H and O–H groups in total. The van der Waals surface area contributed by atoms with Crippen LogP contribution in [-0.2, 0) is 6.42 Å². The van der Waals surface area contributed by atoms with E-state index in [1.54, 1.807) is 6.20 Å². The summed E-state index contributed by atoms with van der Waals surface area (Å²) < 4.78 is 0.988. The number of aromatic nitrogens is 1. The first-order valence-electron chi connectivity index (χ1n) is 5.65. The first-order valence-corrected chi connectivity index (χ1v) is 6.44. The van der Waals surface area contributed by atoms with Crippen molar-refractivity contribution in [2.45, 2.75) is 32.6 Å². The van der Waals surface area contributed by atoms with Gasteiger partial charge < -0.3 is 0 Å². The minimum atomic E-state index is -0.166. The molecule has 2 atom stereocenters. The second-order valence-electron chi connectivity index (χ2n) is 4.88. The number of pyridine rings is 1. The molecule has 1 saturated carbocycles. The normalized spacial score (nSPS) is 28.9. The third-order valence-electron chi connectivity index (χ3n) is 3.40. The van der Waals surface area contributed by atoms with Crippen LogP contribution in [0.1, 0.15) is 31.9 Å². The van der Waals surface area contributed by atoms with Gasteiger partial charge in [-0.25, -0.2) is 0 Å². The zero-order valence-corrected chi connectivity index (χ0v) is 11.0. The fourth-order valence-electron chi connectivity index (χ4n) is 2.55. The van der Waals surface area contributed by atoms with Gasteiger partial charge in [-0.15, -0.1) is 0 Å². The van der Waals surface area contributed by atoms with Gasteiger partial charge in [0.2, 0.25) is 0 Å². The SMILES string of the molecule is CC1CCC(C#N)(Cc2ccc(Br)cn2)C1. The molecule has 0 radical (unpaired) electrons. The Hall–Kier alpha value is -0.880. The maximum Gasteiger partial charge on any atom is 0.0693 e. The number of halogens is 1. The minimum absolute atomic E-state index is 0.166. The molecule has 2 unspecified atom stereocenters. The predicted octanol–water partition coefficient (Wildman–Crippen LogP) is 3.72. The molecule has 1 aromatic rings. The lowest BCUT2D eigenvalue weighted by molar-refractivity contribution is 0.387. The first-order chi connectivity index (χ1) is 7.63. The monoisotopic (exact) mass is 278 g/mol. The van der Waals surface area contributed by atoms with Crippen LogP contribution in [0.15, 0.2) is 22.8 Å². The zero-order valence-electron chi connectivity index (χ0n) is 9.41. The number of nitriles is 1. The van der Waals surface area contributed by atoms with E-state index in [0.717, 1.165) is 29.4 Å². The first kappa shape index (κ1) is 11.6. The van der Waals surface area contributed by atoms with Gasteiger partial charge in [-0.1, -0.05) is 6.92 Å². The van der Waals surface area contributed by atoms with Crippen LogP contribution in [0.2, 0.25) is 0 Å². The lowest BCUT2D eigenvalue weighted by Gasteiger charge is -2.19. The second kappa shape index (κ2) is 4.55. The largest absolute Gasteiger partial charge is 0.260 e. The highest BCUT2D eigenvalue weighted by Crippen LogP contribution is 2.43. The maximum atomic E-state index is 9.36. The van der Waals surface area contributed by atoms with Crippen LogP contribution >= 0.6 is 15.9 Å². The Balaban J connectivity index is 2.14. The molecule has 1 heterocycles. The van der Waals surface area contributed by atoms with Crippen LogP contribution < -0.4 is 0 Å². The van der Waals surface area contributed by atoms with E-state index in [9.17, 15) is 5.26 Å². The van der Waals surface area contributed by atoms with Gasteiger partial charge in [0.1, 0.15) is 0 Å². The molecule has 2 nitrogen and oxygen atoms in total. The van der Waals surface area contributed by atoms with Crippen LogP contribution in [0.4, 0.5) is 0 Å². The molecular weight excluding hydrogens is 264 g/mol. The fourth-order valence-corrected chi connectivity index (χ4v) is 2.79. The van der Waals surface area contributed by atoms with Crippen molar-refractivity contribution in [1.82, 2.24) is 4.98 Å². The Labute approximate surface area is 105 Å². The van der Waals surface area contributed by atoms with E-state index in [2.05, 4.69) is 33.9 Å². The average Bonchev–Trinajstić information content (AvgIpc) is 2.64. The quantitative estimate of drug-likeness (QED) is 0.827. The van der Waals surface area contributed by atoms with E-state index in [1.807, 2.05) is 12.1 Å². The topological polar surface area (TPSA) is 36.7 Å². The van der Waals surface area contributed by atoms with Gasteiger partial charge in [-0.3, -0.25) is 4.98 Å². The van der Waals surface area contributed by atoms with Crippen molar-refractivity contribution in [3.05, 3.63) is 28.5 Å². The lowest BCUT2D eigenvalue weighted by atomic mass is 9.82. The van der Waals surface area contributed by atoms with Gasteiger partial charge in [0.25, 0.3) is 0 Å². The molecule has 1 aromatic heterocycles. The second-order valence-corrected chi connectivity index (χ2v) is 5.80. The van der Waals surface area contributed by atoms with Crippen molar-refractivity contribution in [3.63, 3.8) is 0 Å². The molecule has 1 aliphatic rings. The molecule has 0 amide bonds. The van der Waals surface area contributed by atoms with Gasteiger partial charge in [0, 0.05) is 22.8 Å². The number of rotatable bonds is 2. The summed E-state index contributed by atoms with van der Waals surface area (Å²) in [6.45, 7) is 2.23. The van der Waals surface area contributed by atoms with Crippen LogP contribution in [0.3, 0.4) is 0 Å². The molecule has 0 saturated heterocycles. The van der Waals surface area contributed by atoms with Crippen LogP contribution in [0, 0.1) is 22.7 Å². The number of hydrogen-bond donors (Lipinski definition) is 0. The summed E-state index contributed by atoms with van der Waals surface area (Å²) in [5, 5.41) is 9.36. The summed E-state index contributed by atoms with van der Waals surface area (Å²) in [6, 6.07) is 6.52. The van der Waals surface area contributed by atoms with Gasteiger partial charge in [-0.2, -0.15) is 5.26 Å². The molecule has 1 fully saturated rings. The zero-order chi connectivity index (χ0) is 11.6. The predicted molar refractivity (Wildman–Crippen MR) is 66.7 cm³/mol. The molecule has 0 spiro atoms. The minimum Gasteiger partial charge on any atom is -0.260 e. The Morgan fingerprint density at radius 2 is 2.44 bits per heavy atom. The van der Waals surface area contributed by atoms with Crippen molar-refractivity contribution >= 4 is 15.9 Å². The van der Waals surface area contributed by atoms with E-state index < -0.39 is 0 Å². The Morgan fingerprint density at radius 3 is 2.94 bits per heavy atom. The molecule has 0 aliphatic heterocycles. The Kier molecular flexibility index (Phi) is 3.30. The highest BCUT2D eigenvalue weighted by atomic mass is 79.9. The van der Waals surface area contributed by atoms with Crippen LogP contribution in [0.25, 0.3) is 0 Å². The lowest BCUT2D eigenvalue weighted by Crippen LogP contribution is -2.18. The van der Waals surface area contributed by atoms with Crippen molar-refractivity contribution < 1.29 is 0 Å². The van der Waals surface area contributed by atoms with Crippen molar-refractivity contribution in [3.8, 4) is 6.07 Å². The van der Waals surface area contributed by atoms with Gasteiger partial charge >= 0.3 is 0 Å². The van der Waals surface area contributed by atoms with Crippen molar-refractivity contribution in [2.75, 3.05) is 0 Å². The van der Waals surface area contributed by atoms with Gasteiger partial charge in [0.15, 0.2) is 0 Å². The van der Waals surface area contributed by atoms with E-state index in [1.165, 1.54) is 6.42 Å². The molecule has 2 rings (SSSR count). The molecule has 16 heavy (non-hydrogen) atoms. The molecular formula is C13H15BrN2. The van der Waals surface area contributed by atoms with E-state index in [4.69, 9.17) is 0 Å². The van der Waals surface area contributed by atoms with Crippen molar-refractivity contribution in [1.29, 1.82) is 5.26 Å². The number of nitrogens with zero attached hydrogens (tertiary/aromatic N) is 2. The molecule has 1 aliphatic carbocycles. The Bertz CT molecular complexity index is 407. The van der Waals surface area contributed by atoms with Crippen molar-refractivity contribution in [2.24, 2.45) is 11.3 Å². The molecule has 0 aromatic carbocycles. The number of hydrogen-bond acceptors (Lipinski definition) is 2. The van der Waals surface area contributed by atoms with Gasteiger partial charge in [0.05, 0.1) is 11.5 Å². The summed E-state index contributed by atoms with van der Waals surface area (Å²) in [7, 11) is 0.